The second kappa shape index (κ2) is 31.5. The molecular weight excluding hydrogens is 875 g/mol. The van der Waals surface area contributed by atoms with Crippen molar-refractivity contribution in [1.29, 1.82) is 0 Å². The Morgan fingerprint density at radius 2 is 1.43 bits per heavy atom. The molecule has 5 aliphatic rings. The molecule has 0 aromatic heterocycles. The Bertz CT molecular complexity index is 1570. The summed E-state index contributed by atoms with van der Waals surface area (Å²) < 4.78 is 29.0. The van der Waals surface area contributed by atoms with Crippen LogP contribution >= 0.6 is 0 Å². The first-order valence-corrected chi connectivity index (χ1v) is 29.6. The zero-order chi connectivity index (χ0) is 50.2. The number of esters is 3. The molecule has 9 atom stereocenters. The normalized spacial score (nSPS) is 27.9. The molecule has 0 N–H and O–H groups in total. The molecule has 1 aliphatic heterocycles. The Morgan fingerprint density at radius 3 is 2.13 bits per heavy atom. The second-order valence-corrected chi connectivity index (χ2v) is 24.0. The van der Waals surface area contributed by atoms with Crippen LogP contribution in [0.1, 0.15) is 228 Å². The van der Waals surface area contributed by atoms with Gasteiger partial charge in [-0.2, -0.15) is 0 Å². The lowest BCUT2D eigenvalue weighted by atomic mass is 9.47. The van der Waals surface area contributed by atoms with E-state index in [4.69, 9.17) is 23.7 Å². The predicted octanol–water partition coefficient (Wildman–Crippen LogP) is 14.6. The molecule has 0 spiro atoms. The van der Waals surface area contributed by atoms with Gasteiger partial charge in [0, 0.05) is 19.6 Å². The van der Waals surface area contributed by atoms with Crippen LogP contribution in [-0.2, 0) is 38.1 Å². The number of allylic oxidation sites excluding steroid dienone is 3. The Balaban J connectivity index is 0.951. The van der Waals surface area contributed by atoms with E-state index in [9.17, 15) is 14.4 Å². The van der Waals surface area contributed by atoms with Crippen LogP contribution in [-0.4, -0.2) is 88.2 Å². The van der Waals surface area contributed by atoms with Gasteiger partial charge in [0.1, 0.15) is 12.7 Å². The third-order valence-electron chi connectivity index (χ3n) is 18.5. The van der Waals surface area contributed by atoms with E-state index < -0.39 is 5.97 Å². The molecule has 0 aromatic rings. The van der Waals surface area contributed by atoms with E-state index in [1.54, 1.807) is 0 Å². The molecule has 9 heteroatoms. The quantitative estimate of drug-likeness (QED) is 0.0270. The molecule has 4 aliphatic carbocycles. The first kappa shape index (κ1) is 58.7. The van der Waals surface area contributed by atoms with Crippen LogP contribution in [0.15, 0.2) is 23.8 Å². The Hall–Kier alpha value is -2.23. The molecule has 0 aromatic carbocycles. The fourth-order valence-electron chi connectivity index (χ4n) is 14.3. The third kappa shape index (κ3) is 18.6. The van der Waals surface area contributed by atoms with Crippen LogP contribution in [0, 0.1) is 52.3 Å². The van der Waals surface area contributed by atoms with E-state index in [1.807, 2.05) is 0 Å². The number of unbranched alkanes of at least 4 members (excludes halogenated alkanes) is 12. The largest absolute Gasteiger partial charge is 0.469 e. The maximum atomic E-state index is 13.1. The molecule has 0 amide bonds. The van der Waals surface area contributed by atoms with Crippen molar-refractivity contribution in [2.75, 3.05) is 53.2 Å². The van der Waals surface area contributed by atoms with Crippen molar-refractivity contribution in [2.24, 2.45) is 52.3 Å². The van der Waals surface area contributed by atoms with Crippen LogP contribution in [0.25, 0.3) is 0 Å². The Labute approximate surface area is 428 Å². The summed E-state index contributed by atoms with van der Waals surface area (Å²) in [6.45, 7) is 18.6. The maximum Gasteiger partial charge on any atom is 0.308 e. The molecule has 3 saturated carbocycles. The molecule has 5 rings (SSSR count). The van der Waals surface area contributed by atoms with Crippen LogP contribution in [0.3, 0.4) is 0 Å². The van der Waals surface area contributed by atoms with E-state index in [0.29, 0.717) is 25.2 Å². The Kier molecular flexibility index (Phi) is 26.4. The lowest BCUT2D eigenvalue weighted by molar-refractivity contribution is -0.156. The molecule has 70 heavy (non-hydrogen) atoms. The number of piperidine rings is 1. The molecule has 0 radical (unpaired) electrons. The number of ether oxygens (including phenoxy) is 5. The highest BCUT2D eigenvalue weighted by molar-refractivity contribution is 5.77. The maximum absolute atomic E-state index is 13.1. The first-order valence-electron chi connectivity index (χ1n) is 29.6. The molecule has 0 bridgehead atoms. The van der Waals surface area contributed by atoms with E-state index >= 15 is 0 Å². The summed E-state index contributed by atoms with van der Waals surface area (Å²) in [7, 11) is 1.46. The molecule has 9 nitrogen and oxygen atoms in total. The van der Waals surface area contributed by atoms with Crippen molar-refractivity contribution in [3.8, 4) is 0 Å². The van der Waals surface area contributed by atoms with Gasteiger partial charge in [-0.15, -0.1) is 0 Å². The van der Waals surface area contributed by atoms with Gasteiger partial charge in [-0.05, 0) is 149 Å². The minimum Gasteiger partial charge on any atom is -0.469 e. The van der Waals surface area contributed by atoms with Crippen LogP contribution in [0.5, 0.6) is 0 Å². The van der Waals surface area contributed by atoms with Gasteiger partial charge >= 0.3 is 17.9 Å². The summed E-state index contributed by atoms with van der Waals surface area (Å²) in [5.74, 6) is 3.95. The van der Waals surface area contributed by atoms with Crippen LogP contribution < -0.4 is 0 Å². The van der Waals surface area contributed by atoms with E-state index in [0.717, 1.165) is 87.1 Å². The Morgan fingerprint density at radius 1 is 0.743 bits per heavy atom. The van der Waals surface area contributed by atoms with Gasteiger partial charge in [-0.3, -0.25) is 14.4 Å². The SMILES string of the molecule is CCCCCCCCC=CCCCCCCCCOCC(CN1CCC(C(=O)OC)CC1)OCCOC(=O)CCC(=O)O[C@H]1CC[C@@]2(C)C(=CC[C@@H]3C2CC[C@@]2(C)[C@@H]3CC[C@H]2[C@H](C)CCCC(C)C)C1. The second-order valence-electron chi connectivity index (χ2n) is 24.0. The van der Waals surface area contributed by atoms with Crippen LogP contribution in [0.4, 0.5) is 0 Å². The monoisotopic (exact) mass is 980 g/mol. The lowest BCUT2D eigenvalue weighted by Gasteiger charge is -2.58. The van der Waals surface area contributed by atoms with Crippen molar-refractivity contribution in [3.63, 3.8) is 0 Å². The zero-order valence-electron chi connectivity index (χ0n) is 46.1. The smallest absolute Gasteiger partial charge is 0.308 e. The standard InChI is InChI=1S/C61H105NO8/c1-8-9-10-11-12-13-14-15-16-17-18-19-20-21-22-23-41-67-46-52(45-62-39-35-49(36-40-62)59(65)66-7)68-42-43-69-57(63)31-32-58(64)70-51-33-37-60(5)50(44-51)27-28-53-55-30-29-54(48(4)26-24-25-47(2)3)61(55,6)38-34-56(53)60/h15-16,27,47-49,51-56H,8-14,17-26,28-46H2,1-7H3/t48-,51+,52?,53+,54+,55-,56?,60+,61-/m1/s1. The van der Waals surface area contributed by atoms with Crippen molar-refractivity contribution in [2.45, 2.75) is 240 Å². The van der Waals surface area contributed by atoms with E-state index in [1.165, 1.54) is 148 Å². The highest BCUT2D eigenvalue weighted by Gasteiger charge is 2.59. The first-order chi connectivity index (χ1) is 33.9. The number of fused-ring (bicyclic) bond motifs is 5. The predicted molar refractivity (Wildman–Crippen MR) is 284 cm³/mol. The fourth-order valence-corrected chi connectivity index (χ4v) is 14.3. The third-order valence-corrected chi connectivity index (χ3v) is 18.5. The van der Waals surface area contributed by atoms with Gasteiger partial charge in [0.15, 0.2) is 0 Å². The topological polar surface area (TPSA) is 101 Å². The van der Waals surface area contributed by atoms with Crippen molar-refractivity contribution in [3.05, 3.63) is 23.8 Å². The summed E-state index contributed by atoms with van der Waals surface area (Å²) in [5.41, 5.74) is 2.20. The van der Waals surface area contributed by atoms with Crippen molar-refractivity contribution < 1.29 is 38.1 Å². The number of hydrogen-bond acceptors (Lipinski definition) is 9. The van der Waals surface area contributed by atoms with Gasteiger partial charge in [0.2, 0.25) is 0 Å². The number of carbonyl (C=O) groups is 3. The van der Waals surface area contributed by atoms with Crippen molar-refractivity contribution >= 4 is 17.9 Å². The summed E-state index contributed by atoms with van der Waals surface area (Å²) >= 11 is 0. The molecule has 1 heterocycles. The number of hydrogen-bond donors (Lipinski definition) is 0. The molecule has 1 saturated heterocycles. The number of likely N-dealkylation sites (tertiary alicyclic amines) is 1. The highest BCUT2D eigenvalue weighted by Crippen LogP contribution is 2.67. The highest BCUT2D eigenvalue weighted by atomic mass is 16.6. The molecule has 402 valence electrons. The summed E-state index contributed by atoms with van der Waals surface area (Å²) in [4.78, 5) is 40.3. The van der Waals surface area contributed by atoms with Gasteiger partial charge in [-0.1, -0.05) is 142 Å². The van der Waals surface area contributed by atoms with Gasteiger partial charge in [-0.25, -0.2) is 0 Å². The summed E-state index contributed by atoms with van der Waals surface area (Å²) in [5, 5.41) is 0. The number of rotatable bonds is 34. The average molecular weight is 981 g/mol. The van der Waals surface area contributed by atoms with Gasteiger partial charge in [0.05, 0.1) is 45.2 Å². The fraction of sp³-hybridized carbons (Fsp3) is 0.885. The number of methoxy groups -OCH3 is 1. The number of nitrogens with zero attached hydrogens (tertiary/aromatic N) is 1. The summed E-state index contributed by atoms with van der Waals surface area (Å²) in [6, 6.07) is 0. The minimum absolute atomic E-state index is 0.00521. The van der Waals surface area contributed by atoms with Crippen molar-refractivity contribution in [1.82, 2.24) is 4.90 Å². The van der Waals surface area contributed by atoms with Gasteiger partial charge in [0.25, 0.3) is 0 Å². The molecule has 4 fully saturated rings. The van der Waals surface area contributed by atoms with E-state index in [2.05, 4.69) is 64.7 Å². The number of carbonyl (C=O) groups excluding carboxylic acids is 3. The minimum atomic E-state index is -0.404. The average Bonchev–Trinajstić information content (AvgIpc) is 3.71. The van der Waals surface area contributed by atoms with Gasteiger partial charge < -0.3 is 28.6 Å². The molecular formula is C61H105NO8. The molecule has 2 unspecified atom stereocenters. The van der Waals surface area contributed by atoms with Crippen LogP contribution in [0.2, 0.25) is 0 Å². The lowest BCUT2D eigenvalue weighted by Crippen LogP contribution is -2.51. The van der Waals surface area contributed by atoms with E-state index in [-0.39, 0.29) is 61.5 Å². The zero-order valence-corrected chi connectivity index (χ0v) is 46.1. The summed E-state index contributed by atoms with van der Waals surface area (Å²) in [6.07, 6.45) is 40.1.